The molecule has 0 amide bonds. The first-order valence-electron chi connectivity index (χ1n) is 9.19. The number of carbonyl (C=O) groups is 1. The molecule has 0 heterocycles. The van der Waals surface area contributed by atoms with E-state index < -0.39 is 15.4 Å². The summed E-state index contributed by atoms with van der Waals surface area (Å²) in [7, 11) is -3.70. The van der Waals surface area contributed by atoms with Crippen molar-refractivity contribution in [1.82, 2.24) is 0 Å². The molecule has 0 spiro atoms. The summed E-state index contributed by atoms with van der Waals surface area (Å²) in [5.74, 6) is 0.162. The Morgan fingerprint density at radius 1 is 0.964 bits per heavy atom. The molecular formula is C22H25NO4S. The lowest BCUT2D eigenvalue weighted by atomic mass is 9.94. The molecule has 0 saturated carbocycles. The van der Waals surface area contributed by atoms with Crippen molar-refractivity contribution >= 4 is 21.7 Å². The quantitative estimate of drug-likeness (QED) is 0.470. The second-order valence-electron chi connectivity index (χ2n) is 8.01. The normalized spacial score (nSPS) is 13.7. The first-order valence-corrected chi connectivity index (χ1v) is 10.7. The topological polar surface area (TPSA) is 72.5 Å². The van der Waals surface area contributed by atoms with Crippen molar-refractivity contribution < 1.29 is 17.9 Å². The Morgan fingerprint density at radius 3 is 2.18 bits per heavy atom. The minimum absolute atomic E-state index is 0.210. The average molecular weight is 400 g/mol. The van der Waals surface area contributed by atoms with Gasteiger partial charge in [-0.2, -0.15) is 0 Å². The molecule has 0 fully saturated rings. The van der Waals surface area contributed by atoms with Crippen LogP contribution in [0.1, 0.15) is 37.5 Å². The summed E-state index contributed by atoms with van der Waals surface area (Å²) in [5, 5.41) is 0. The molecule has 2 aromatic carbocycles. The summed E-state index contributed by atoms with van der Waals surface area (Å²) in [5.41, 5.74) is 2.55. The second kappa shape index (κ2) is 7.43. The van der Waals surface area contributed by atoms with Gasteiger partial charge in [0, 0.05) is 5.56 Å². The number of fused-ring (bicyclic) bond motifs is 1. The predicted octanol–water partition coefficient (Wildman–Crippen LogP) is 4.40. The van der Waals surface area contributed by atoms with Crippen molar-refractivity contribution in [3.8, 4) is 5.75 Å². The number of carbonyl (C=O) groups excluding carboxylic acids is 1. The Hall–Kier alpha value is -2.60. The summed E-state index contributed by atoms with van der Waals surface area (Å²) in [4.78, 5) is 12.5. The van der Waals surface area contributed by atoms with E-state index in [9.17, 15) is 13.2 Å². The zero-order valence-electron chi connectivity index (χ0n) is 16.6. The number of allylic oxidation sites excluding steroid dienone is 2. The van der Waals surface area contributed by atoms with Crippen LogP contribution in [-0.4, -0.2) is 14.4 Å². The molecule has 2 aromatic rings. The van der Waals surface area contributed by atoms with Crippen LogP contribution >= 0.6 is 0 Å². The Bertz CT molecular complexity index is 1030. The number of esters is 1. The zero-order chi connectivity index (χ0) is 20.5. The van der Waals surface area contributed by atoms with Crippen molar-refractivity contribution in [2.45, 2.75) is 45.4 Å². The smallest absolute Gasteiger partial charge is 0.316 e. The molecule has 0 atom stereocenters. The number of hydrogen-bond acceptors (Lipinski definition) is 4. The standard InChI is InChI=1S/C22H25NO4S/c1-15-9-11-16(12-10-15)28(25,26)23-19-13-14-20(27-21(24)22(2,3)4)18-8-6-5-7-17(18)19/h5-6,9-14,23H,7-8H2,1-4H3. The molecule has 3 rings (SSSR count). The maximum Gasteiger partial charge on any atom is 0.316 e. The maximum absolute atomic E-state index is 12.8. The van der Waals surface area contributed by atoms with Crippen molar-refractivity contribution in [2.75, 3.05) is 4.72 Å². The maximum atomic E-state index is 12.8. The van der Waals surface area contributed by atoms with Gasteiger partial charge in [-0.1, -0.05) is 29.8 Å². The number of ether oxygens (including phenoxy) is 1. The van der Waals surface area contributed by atoms with Crippen LogP contribution < -0.4 is 9.46 Å². The fraction of sp³-hybridized carbons (Fsp3) is 0.318. The number of aryl methyl sites for hydroxylation is 1. The monoisotopic (exact) mass is 399 g/mol. The van der Waals surface area contributed by atoms with E-state index in [-0.39, 0.29) is 10.9 Å². The summed E-state index contributed by atoms with van der Waals surface area (Å²) in [6, 6.07) is 10.0. The third-order valence-corrected chi connectivity index (χ3v) is 5.97. The summed E-state index contributed by atoms with van der Waals surface area (Å²) in [6.45, 7) is 7.30. The lowest BCUT2D eigenvalue weighted by Gasteiger charge is -2.22. The van der Waals surface area contributed by atoms with E-state index >= 15 is 0 Å². The van der Waals surface area contributed by atoms with Gasteiger partial charge in [-0.25, -0.2) is 8.42 Å². The van der Waals surface area contributed by atoms with Gasteiger partial charge in [0.05, 0.1) is 16.0 Å². The minimum Gasteiger partial charge on any atom is -0.426 e. The Balaban J connectivity index is 1.95. The lowest BCUT2D eigenvalue weighted by molar-refractivity contribution is -0.143. The molecule has 148 valence electrons. The van der Waals surface area contributed by atoms with E-state index in [1.807, 2.05) is 19.1 Å². The van der Waals surface area contributed by atoms with Gasteiger partial charge in [0.1, 0.15) is 5.75 Å². The zero-order valence-corrected chi connectivity index (χ0v) is 17.4. The van der Waals surface area contributed by atoms with Crippen molar-refractivity contribution in [3.63, 3.8) is 0 Å². The van der Waals surface area contributed by atoms with E-state index in [1.54, 1.807) is 57.2 Å². The van der Waals surface area contributed by atoms with Crippen LogP contribution in [0.5, 0.6) is 5.75 Å². The van der Waals surface area contributed by atoms with Crippen LogP contribution in [0.4, 0.5) is 5.69 Å². The summed E-state index contributed by atoms with van der Waals surface area (Å²) < 4.78 is 33.9. The van der Waals surface area contributed by atoms with E-state index in [0.29, 0.717) is 24.3 Å². The van der Waals surface area contributed by atoms with Crippen LogP contribution in [0.3, 0.4) is 0 Å². The third kappa shape index (κ3) is 4.28. The Labute approximate surface area is 166 Å². The van der Waals surface area contributed by atoms with Crippen molar-refractivity contribution in [2.24, 2.45) is 5.41 Å². The third-order valence-electron chi connectivity index (χ3n) is 4.59. The fourth-order valence-electron chi connectivity index (χ4n) is 2.90. The number of nitrogens with one attached hydrogen (secondary N) is 1. The molecule has 0 aromatic heterocycles. The fourth-order valence-corrected chi connectivity index (χ4v) is 3.99. The average Bonchev–Trinajstić information content (AvgIpc) is 2.63. The largest absolute Gasteiger partial charge is 0.426 e. The van der Waals surface area contributed by atoms with E-state index in [4.69, 9.17) is 4.74 Å². The van der Waals surface area contributed by atoms with Gasteiger partial charge < -0.3 is 4.74 Å². The van der Waals surface area contributed by atoms with E-state index in [0.717, 1.165) is 16.7 Å². The first-order chi connectivity index (χ1) is 13.1. The molecule has 1 N–H and O–H groups in total. The highest BCUT2D eigenvalue weighted by Gasteiger charge is 2.26. The molecule has 1 aliphatic rings. The second-order valence-corrected chi connectivity index (χ2v) is 9.69. The molecule has 1 aliphatic carbocycles. The predicted molar refractivity (Wildman–Crippen MR) is 110 cm³/mol. The highest BCUT2D eigenvalue weighted by atomic mass is 32.2. The van der Waals surface area contributed by atoms with Gasteiger partial charge in [-0.05, 0) is 70.4 Å². The highest BCUT2D eigenvalue weighted by Crippen LogP contribution is 2.35. The molecule has 5 nitrogen and oxygen atoms in total. The molecule has 0 aliphatic heterocycles. The van der Waals surface area contributed by atoms with Gasteiger partial charge in [-0.3, -0.25) is 9.52 Å². The molecule has 28 heavy (non-hydrogen) atoms. The molecule has 6 heteroatoms. The van der Waals surface area contributed by atoms with Crippen LogP contribution in [0, 0.1) is 12.3 Å². The summed E-state index contributed by atoms with van der Waals surface area (Å²) in [6.07, 6.45) is 5.14. The number of rotatable bonds is 4. The van der Waals surface area contributed by atoms with Gasteiger partial charge in [0.15, 0.2) is 0 Å². The number of hydrogen-bond donors (Lipinski definition) is 1. The van der Waals surface area contributed by atoms with Crippen LogP contribution in [0.25, 0.3) is 0 Å². The minimum atomic E-state index is -3.70. The Morgan fingerprint density at radius 2 is 1.57 bits per heavy atom. The number of sulfonamides is 1. The van der Waals surface area contributed by atoms with Crippen molar-refractivity contribution in [3.05, 3.63) is 65.2 Å². The van der Waals surface area contributed by atoms with Crippen LogP contribution in [-0.2, 0) is 27.7 Å². The summed E-state index contributed by atoms with van der Waals surface area (Å²) >= 11 is 0. The highest BCUT2D eigenvalue weighted by molar-refractivity contribution is 7.92. The number of anilines is 1. The lowest BCUT2D eigenvalue weighted by Crippen LogP contribution is -2.26. The van der Waals surface area contributed by atoms with Crippen LogP contribution in [0.15, 0.2) is 53.4 Å². The SMILES string of the molecule is Cc1ccc(S(=O)(=O)Nc2ccc(OC(=O)C(C)(C)C)c3c2CC=CC3)cc1. The van der Waals surface area contributed by atoms with E-state index in [2.05, 4.69) is 4.72 Å². The van der Waals surface area contributed by atoms with Gasteiger partial charge in [0.25, 0.3) is 10.0 Å². The molecular weight excluding hydrogens is 374 g/mol. The molecule has 0 bridgehead atoms. The van der Waals surface area contributed by atoms with Crippen LogP contribution in [0.2, 0.25) is 0 Å². The van der Waals surface area contributed by atoms with Crippen molar-refractivity contribution in [1.29, 1.82) is 0 Å². The molecule has 0 radical (unpaired) electrons. The first kappa shape index (κ1) is 20.1. The van der Waals surface area contributed by atoms with E-state index in [1.165, 1.54) is 0 Å². The van der Waals surface area contributed by atoms with Gasteiger partial charge >= 0.3 is 5.97 Å². The molecule has 0 unspecified atom stereocenters. The molecule has 0 saturated heterocycles. The van der Waals surface area contributed by atoms with Gasteiger partial charge in [0.2, 0.25) is 0 Å². The Kier molecular flexibility index (Phi) is 5.35. The number of benzene rings is 2. The van der Waals surface area contributed by atoms with Gasteiger partial charge in [-0.15, -0.1) is 0 Å².